The van der Waals surface area contributed by atoms with Gasteiger partial charge in [-0.2, -0.15) is 5.10 Å². The topological polar surface area (TPSA) is 28.7 Å². The molecule has 0 aliphatic heterocycles. The van der Waals surface area contributed by atoms with Gasteiger partial charge in [0.25, 0.3) is 0 Å². The molecule has 2 aromatic rings. The van der Waals surface area contributed by atoms with Crippen molar-refractivity contribution in [3.8, 4) is 0 Å². The van der Waals surface area contributed by atoms with Gasteiger partial charge in [-0.3, -0.25) is 5.10 Å². The van der Waals surface area contributed by atoms with Crippen molar-refractivity contribution in [3.05, 3.63) is 29.7 Å². The average Bonchev–Trinajstić information content (AvgIpc) is 2.34. The fourth-order valence-electron chi connectivity index (χ4n) is 1.19. The molecule has 1 N–H and O–H groups in total. The molecule has 0 bridgehead atoms. The predicted molar refractivity (Wildman–Crippen MR) is 40.8 cm³/mol. The number of rotatable bonds is 0. The molecule has 0 aliphatic rings. The molecule has 11 heavy (non-hydrogen) atoms. The van der Waals surface area contributed by atoms with Gasteiger partial charge in [0.15, 0.2) is 0 Å². The summed E-state index contributed by atoms with van der Waals surface area (Å²) in [7, 11) is 0. The van der Waals surface area contributed by atoms with E-state index < -0.39 is 0 Å². The zero-order valence-corrected chi connectivity index (χ0v) is 6.06. The summed E-state index contributed by atoms with van der Waals surface area (Å²) in [6.45, 7) is 1.85. The van der Waals surface area contributed by atoms with Gasteiger partial charge >= 0.3 is 0 Å². The second kappa shape index (κ2) is 2.05. The normalized spacial score (nSPS) is 10.7. The zero-order valence-electron chi connectivity index (χ0n) is 6.06. The van der Waals surface area contributed by atoms with E-state index in [1.165, 1.54) is 12.1 Å². The van der Waals surface area contributed by atoms with Gasteiger partial charge in [0, 0.05) is 5.39 Å². The predicted octanol–water partition coefficient (Wildman–Crippen LogP) is 2.01. The van der Waals surface area contributed by atoms with E-state index in [9.17, 15) is 4.39 Å². The molecule has 2 rings (SSSR count). The van der Waals surface area contributed by atoms with Gasteiger partial charge in [-0.25, -0.2) is 4.39 Å². The van der Waals surface area contributed by atoms with Gasteiger partial charge in [-0.05, 0) is 24.6 Å². The molecule has 2 nitrogen and oxygen atoms in total. The Morgan fingerprint density at radius 3 is 3.09 bits per heavy atom. The number of nitrogens with one attached hydrogen (secondary N) is 1. The first-order valence-corrected chi connectivity index (χ1v) is 3.36. The Morgan fingerprint density at radius 1 is 1.45 bits per heavy atom. The molecule has 56 valence electrons. The second-order valence-electron chi connectivity index (χ2n) is 2.56. The summed E-state index contributed by atoms with van der Waals surface area (Å²) in [5.74, 6) is -0.212. The van der Waals surface area contributed by atoms with E-state index in [1.807, 2.05) is 6.92 Å². The molecule has 0 saturated carbocycles. The van der Waals surface area contributed by atoms with Crippen LogP contribution in [-0.4, -0.2) is 10.2 Å². The Kier molecular flexibility index (Phi) is 1.18. The van der Waals surface area contributed by atoms with Crippen molar-refractivity contribution in [2.45, 2.75) is 6.92 Å². The minimum atomic E-state index is -0.212. The number of aromatic nitrogens is 2. The lowest BCUT2D eigenvalue weighted by Crippen LogP contribution is -1.79. The lowest BCUT2D eigenvalue weighted by Gasteiger charge is -1.93. The number of aromatic amines is 1. The third-order valence-corrected chi connectivity index (χ3v) is 1.71. The number of nitrogens with zero attached hydrogens (tertiary/aromatic N) is 1. The van der Waals surface area contributed by atoms with Gasteiger partial charge in [0.1, 0.15) is 5.82 Å². The Bertz CT molecular complexity index is 392. The molecule has 1 aromatic carbocycles. The maximum absolute atomic E-state index is 12.7. The number of hydrogen-bond donors (Lipinski definition) is 1. The van der Waals surface area contributed by atoms with E-state index in [4.69, 9.17) is 0 Å². The summed E-state index contributed by atoms with van der Waals surface area (Å²) in [6.07, 6.45) is 1.62. The molecular weight excluding hydrogens is 143 g/mol. The molecule has 1 heterocycles. The van der Waals surface area contributed by atoms with Crippen LogP contribution < -0.4 is 0 Å². The molecule has 3 heteroatoms. The van der Waals surface area contributed by atoms with Crippen LogP contribution in [-0.2, 0) is 0 Å². The summed E-state index contributed by atoms with van der Waals surface area (Å²) in [4.78, 5) is 0. The maximum Gasteiger partial charge on any atom is 0.124 e. The minimum absolute atomic E-state index is 0.212. The van der Waals surface area contributed by atoms with Crippen molar-refractivity contribution in [2.75, 3.05) is 0 Å². The number of fused-ring (bicyclic) bond motifs is 1. The fourth-order valence-corrected chi connectivity index (χ4v) is 1.19. The standard InChI is InChI=1S/C8H7FN2/c1-5-2-7(9)3-6-4-10-11-8(5)6/h2-4H,1H3,(H,10,11). The van der Waals surface area contributed by atoms with Crippen LogP contribution >= 0.6 is 0 Å². The molecule has 1 aromatic heterocycles. The molecule has 0 amide bonds. The van der Waals surface area contributed by atoms with E-state index >= 15 is 0 Å². The largest absolute Gasteiger partial charge is 0.278 e. The summed E-state index contributed by atoms with van der Waals surface area (Å²) in [6, 6.07) is 2.95. The quantitative estimate of drug-likeness (QED) is 0.611. The monoisotopic (exact) mass is 150 g/mol. The van der Waals surface area contributed by atoms with E-state index in [0.717, 1.165) is 16.5 Å². The van der Waals surface area contributed by atoms with Crippen LogP contribution in [0.3, 0.4) is 0 Å². The van der Waals surface area contributed by atoms with Crippen LogP contribution in [0.2, 0.25) is 0 Å². The van der Waals surface area contributed by atoms with Gasteiger partial charge < -0.3 is 0 Å². The van der Waals surface area contributed by atoms with Crippen molar-refractivity contribution in [3.63, 3.8) is 0 Å². The average molecular weight is 150 g/mol. The minimum Gasteiger partial charge on any atom is -0.278 e. The molecule has 0 unspecified atom stereocenters. The van der Waals surface area contributed by atoms with E-state index in [1.54, 1.807) is 6.20 Å². The highest BCUT2D eigenvalue weighted by molar-refractivity contribution is 5.80. The molecule has 0 spiro atoms. The third-order valence-electron chi connectivity index (χ3n) is 1.71. The highest BCUT2D eigenvalue weighted by Gasteiger charge is 2.00. The molecular formula is C8H7FN2. The SMILES string of the molecule is Cc1cc(F)cc2cn[nH]c12. The molecule has 0 atom stereocenters. The van der Waals surface area contributed by atoms with E-state index in [0.29, 0.717) is 0 Å². The fraction of sp³-hybridized carbons (Fsp3) is 0.125. The van der Waals surface area contributed by atoms with Crippen molar-refractivity contribution >= 4 is 10.9 Å². The Labute approximate surface area is 63.0 Å². The van der Waals surface area contributed by atoms with Crippen LogP contribution in [0, 0.1) is 12.7 Å². The lowest BCUT2D eigenvalue weighted by atomic mass is 10.2. The Morgan fingerprint density at radius 2 is 2.27 bits per heavy atom. The summed E-state index contributed by atoms with van der Waals surface area (Å²) in [5.41, 5.74) is 1.80. The summed E-state index contributed by atoms with van der Waals surface area (Å²) >= 11 is 0. The van der Waals surface area contributed by atoms with Crippen LogP contribution in [0.25, 0.3) is 10.9 Å². The van der Waals surface area contributed by atoms with Crippen LogP contribution in [0.5, 0.6) is 0 Å². The Hall–Kier alpha value is -1.38. The highest BCUT2D eigenvalue weighted by Crippen LogP contribution is 2.16. The van der Waals surface area contributed by atoms with E-state index in [2.05, 4.69) is 10.2 Å². The van der Waals surface area contributed by atoms with Gasteiger partial charge in [0.2, 0.25) is 0 Å². The van der Waals surface area contributed by atoms with Gasteiger partial charge in [-0.15, -0.1) is 0 Å². The first kappa shape index (κ1) is 6.34. The highest BCUT2D eigenvalue weighted by atomic mass is 19.1. The number of aryl methyl sites for hydroxylation is 1. The van der Waals surface area contributed by atoms with Crippen molar-refractivity contribution in [2.24, 2.45) is 0 Å². The first-order chi connectivity index (χ1) is 5.27. The number of H-pyrrole nitrogens is 1. The molecule has 0 radical (unpaired) electrons. The lowest BCUT2D eigenvalue weighted by molar-refractivity contribution is 0.628. The number of hydrogen-bond acceptors (Lipinski definition) is 1. The molecule has 0 saturated heterocycles. The van der Waals surface area contributed by atoms with E-state index in [-0.39, 0.29) is 5.82 Å². The maximum atomic E-state index is 12.7. The Balaban J connectivity index is 2.91. The molecule has 0 aliphatic carbocycles. The van der Waals surface area contributed by atoms with Gasteiger partial charge in [-0.1, -0.05) is 0 Å². The molecule has 0 fully saturated rings. The van der Waals surface area contributed by atoms with Crippen molar-refractivity contribution in [1.82, 2.24) is 10.2 Å². The van der Waals surface area contributed by atoms with Crippen LogP contribution in [0.1, 0.15) is 5.56 Å². The van der Waals surface area contributed by atoms with Crippen LogP contribution in [0.15, 0.2) is 18.3 Å². The van der Waals surface area contributed by atoms with Gasteiger partial charge in [0.05, 0.1) is 11.7 Å². The zero-order chi connectivity index (χ0) is 7.84. The summed E-state index contributed by atoms with van der Waals surface area (Å²) in [5, 5.41) is 7.43. The smallest absolute Gasteiger partial charge is 0.124 e. The van der Waals surface area contributed by atoms with Crippen molar-refractivity contribution < 1.29 is 4.39 Å². The first-order valence-electron chi connectivity index (χ1n) is 3.36. The third kappa shape index (κ3) is 0.888. The number of halogens is 1. The second-order valence-corrected chi connectivity index (χ2v) is 2.56. The number of benzene rings is 1. The van der Waals surface area contributed by atoms with Crippen molar-refractivity contribution in [1.29, 1.82) is 0 Å². The summed E-state index contributed by atoms with van der Waals surface area (Å²) < 4.78 is 12.7. The van der Waals surface area contributed by atoms with Crippen LogP contribution in [0.4, 0.5) is 4.39 Å².